The van der Waals surface area contributed by atoms with E-state index in [1.54, 1.807) is 7.98 Å². The lowest BCUT2D eigenvalue weighted by Gasteiger charge is -2.26. The molecule has 0 heterocycles. The summed E-state index contributed by atoms with van der Waals surface area (Å²) in [6.45, 7) is 1.90. The van der Waals surface area contributed by atoms with Crippen molar-refractivity contribution in [1.29, 1.82) is 0 Å². The van der Waals surface area contributed by atoms with E-state index in [0.29, 0.717) is 4.43 Å². The van der Waals surface area contributed by atoms with Crippen molar-refractivity contribution in [2.75, 3.05) is 4.43 Å². The maximum Gasteiger partial charge on any atom is 0.185 e. The lowest BCUT2D eigenvalue weighted by Crippen LogP contribution is -2.46. The number of halogens is 2. The summed E-state index contributed by atoms with van der Waals surface area (Å²) in [5.41, 5.74) is 0.131. The topological polar surface area (TPSA) is 32.3 Å². The van der Waals surface area contributed by atoms with Gasteiger partial charge in [-0.3, -0.25) is 0 Å². The molecule has 0 fully saturated rings. The average Bonchev–Trinajstić information content (AvgIpc) is 2.01. The molecule has 0 radical (unpaired) electrons. The summed E-state index contributed by atoms with van der Waals surface area (Å²) in [6, 6.07) is 0. The molecule has 0 aliphatic heterocycles. The number of hydrogen-bond acceptors (Lipinski definition) is 2. The molecule has 0 aromatic carbocycles. The van der Waals surface area contributed by atoms with Gasteiger partial charge in [0.25, 0.3) is 0 Å². The first-order valence-corrected chi connectivity index (χ1v) is 5.62. The maximum atomic E-state index is 9.71. The fourth-order valence-electron chi connectivity index (χ4n) is 0.460. The summed E-state index contributed by atoms with van der Waals surface area (Å²) in [4.78, 5) is 0. The van der Waals surface area contributed by atoms with Crippen LogP contribution < -0.4 is 5.23 Å². The number of rotatable bonds is 3. The Morgan fingerprint density at radius 2 is 2.40 bits per heavy atom. The molecular weight excluding hydrogens is 355 g/mol. The van der Waals surface area contributed by atoms with Crippen LogP contribution in [0, 0.1) is 0 Å². The minimum Gasteiger partial charge on any atom is -0.372 e. The fourth-order valence-corrected chi connectivity index (χ4v) is 1.96. The van der Waals surface area contributed by atoms with Crippen molar-refractivity contribution in [1.82, 2.24) is 5.23 Å². The van der Waals surface area contributed by atoms with Crippen LogP contribution >= 0.6 is 45.2 Å². The molecule has 10 heavy (non-hydrogen) atoms. The summed E-state index contributed by atoms with van der Waals surface area (Å²) >= 11 is 4.27. The third-order valence-electron chi connectivity index (χ3n) is 1.42. The predicted molar refractivity (Wildman–Crippen MR) is 63.3 cm³/mol. The number of nitrogens with one attached hydrogen (secondary N) is 1. The molecule has 0 spiro atoms. The summed E-state index contributed by atoms with van der Waals surface area (Å²) in [5, 5.41) is 12.6. The fraction of sp³-hybridized carbons (Fsp3) is 0.600. The van der Waals surface area contributed by atoms with E-state index in [9.17, 15) is 5.11 Å². The molecule has 0 aromatic rings. The highest BCUT2D eigenvalue weighted by atomic mass is 127. The zero-order valence-corrected chi connectivity index (χ0v) is 10.3. The zero-order chi connectivity index (χ0) is 8.20. The van der Waals surface area contributed by atoms with Crippen LogP contribution in [0.3, 0.4) is 0 Å². The van der Waals surface area contributed by atoms with Gasteiger partial charge in [0.1, 0.15) is 5.72 Å². The van der Waals surface area contributed by atoms with Crippen molar-refractivity contribution < 1.29 is 5.11 Å². The second-order valence-corrected chi connectivity index (χ2v) is 3.42. The second kappa shape index (κ2) is 4.94. The van der Waals surface area contributed by atoms with Crippen LogP contribution in [0.5, 0.6) is 0 Å². The Balaban J connectivity index is 4.32. The van der Waals surface area contributed by atoms with Crippen molar-refractivity contribution in [3.05, 3.63) is 9.66 Å². The molecular formula is C5H10BI2NO. The smallest absolute Gasteiger partial charge is 0.185 e. The van der Waals surface area contributed by atoms with Gasteiger partial charge >= 0.3 is 0 Å². The molecule has 0 bridgehead atoms. The Hall–Kier alpha value is 1.18. The molecule has 2 N–H and O–H groups in total. The molecule has 1 unspecified atom stereocenters. The molecule has 0 aromatic heterocycles. The highest BCUT2D eigenvalue weighted by Crippen LogP contribution is 2.16. The number of alkyl halides is 1. The van der Waals surface area contributed by atoms with E-state index in [2.05, 4.69) is 50.4 Å². The number of aliphatic hydroxyl groups is 1. The van der Waals surface area contributed by atoms with Crippen LogP contribution in [-0.2, 0) is 0 Å². The summed E-state index contributed by atoms with van der Waals surface area (Å²) in [7, 11) is 1.75. The highest BCUT2D eigenvalue weighted by Gasteiger charge is 2.23. The Morgan fingerprint density at radius 3 is 2.50 bits per heavy atom. The molecule has 1 atom stereocenters. The van der Waals surface area contributed by atoms with Gasteiger partial charge in [-0.25, -0.2) is 0 Å². The van der Waals surface area contributed by atoms with Gasteiger partial charge in [0, 0.05) is 4.43 Å². The average molecular weight is 365 g/mol. The van der Waals surface area contributed by atoms with Crippen LogP contribution in [0.2, 0.25) is 0 Å². The first-order chi connectivity index (χ1) is 4.60. The molecule has 0 aliphatic rings. The third-order valence-corrected chi connectivity index (χ3v) is 3.46. The van der Waals surface area contributed by atoms with Crippen molar-refractivity contribution in [3.63, 3.8) is 0 Å². The van der Waals surface area contributed by atoms with E-state index in [1.807, 2.05) is 11.0 Å². The first-order valence-electron chi connectivity index (χ1n) is 2.85. The van der Waals surface area contributed by atoms with Gasteiger partial charge in [-0.1, -0.05) is 45.2 Å². The predicted octanol–water partition coefficient (Wildman–Crippen LogP) is 0.587. The van der Waals surface area contributed by atoms with Crippen molar-refractivity contribution in [2.45, 2.75) is 12.6 Å². The molecule has 2 nitrogen and oxygen atoms in total. The van der Waals surface area contributed by atoms with E-state index in [-0.39, 0.29) is 0 Å². The Labute approximate surface area is 89.6 Å². The summed E-state index contributed by atoms with van der Waals surface area (Å²) in [5.74, 6) is 0. The van der Waals surface area contributed by atoms with Gasteiger partial charge < -0.3 is 10.3 Å². The SMILES string of the molecule is BNC(O)(CI)/C(C)=C/I. The molecule has 0 saturated carbocycles. The van der Waals surface area contributed by atoms with Crippen LogP contribution in [-0.4, -0.2) is 23.2 Å². The monoisotopic (exact) mass is 365 g/mol. The Bertz CT molecular complexity index is 136. The van der Waals surface area contributed by atoms with Crippen LogP contribution in [0.4, 0.5) is 0 Å². The van der Waals surface area contributed by atoms with Crippen LogP contribution in [0.25, 0.3) is 0 Å². The van der Waals surface area contributed by atoms with E-state index in [4.69, 9.17) is 0 Å². The van der Waals surface area contributed by atoms with Crippen molar-refractivity contribution >= 4 is 53.2 Å². The van der Waals surface area contributed by atoms with Gasteiger partial charge in [-0.15, -0.1) is 0 Å². The standard InChI is InChI=1S/C5H10BI2NO/c1-4(2-7)5(10,3-8)9-6/h2,9-10H,3,6H2,1H3/b4-2+. The zero-order valence-electron chi connectivity index (χ0n) is 5.99. The highest BCUT2D eigenvalue weighted by molar-refractivity contribution is 14.1. The lowest BCUT2D eigenvalue weighted by atomic mass is 10.1. The molecule has 58 valence electrons. The first kappa shape index (κ1) is 11.2. The van der Waals surface area contributed by atoms with E-state index in [1.165, 1.54) is 0 Å². The van der Waals surface area contributed by atoms with Gasteiger partial charge in [0.2, 0.25) is 0 Å². The van der Waals surface area contributed by atoms with Crippen LogP contribution in [0.1, 0.15) is 6.92 Å². The van der Waals surface area contributed by atoms with Crippen LogP contribution in [0.15, 0.2) is 9.66 Å². The van der Waals surface area contributed by atoms with E-state index in [0.717, 1.165) is 5.57 Å². The molecule has 0 rings (SSSR count). The van der Waals surface area contributed by atoms with E-state index < -0.39 is 5.72 Å². The minimum absolute atomic E-state index is 0.659. The Morgan fingerprint density at radius 1 is 1.90 bits per heavy atom. The largest absolute Gasteiger partial charge is 0.372 e. The van der Waals surface area contributed by atoms with Crippen molar-refractivity contribution in [2.24, 2.45) is 0 Å². The van der Waals surface area contributed by atoms with Crippen molar-refractivity contribution in [3.8, 4) is 0 Å². The van der Waals surface area contributed by atoms with Gasteiger partial charge in [0.05, 0.1) is 0 Å². The molecule has 0 aliphatic carbocycles. The van der Waals surface area contributed by atoms with Gasteiger partial charge in [-0.2, -0.15) is 0 Å². The number of hydrogen-bond donors (Lipinski definition) is 2. The lowest BCUT2D eigenvalue weighted by molar-refractivity contribution is 0.0963. The summed E-state index contributed by atoms with van der Waals surface area (Å²) < 4.78 is 2.54. The minimum atomic E-state index is -0.818. The van der Waals surface area contributed by atoms with Gasteiger partial charge in [0.15, 0.2) is 7.98 Å². The normalized spacial score (nSPS) is 18.6. The second-order valence-electron chi connectivity index (χ2n) is 2.04. The molecule has 0 amide bonds. The third kappa shape index (κ3) is 2.67. The maximum absolute atomic E-state index is 9.71. The quantitative estimate of drug-likeness (QED) is 0.332. The van der Waals surface area contributed by atoms with E-state index >= 15 is 0 Å². The Kier molecular flexibility index (Phi) is 5.53. The van der Waals surface area contributed by atoms with Gasteiger partial charge in [-0.05, 0) is 16.6 Å². The molecule has 0 saturated heterocycles. The molecule has 5 heteroatoms. The summed E-state index contributed by atoms with van der Waals surface area (Å²) in [6.07, 6.45) is 0.